The lowest BCUT2D eigenvalue weighted by Crippen LogP contribution is -2.75. The van der Waals surface area contributed by atoms with E-state index in [1.54, 1.807) is 42.1 Å². The molecule has 10 aromatic rings. The van der Waals surface area contributed by atoms with Crippen LogP contribution in [-0.4, -0.2) is 136 Å². The number of halogens is 14. The molecule has 6 N–H and O–H groups in total. The molecule has 758 valence electrons. The Morgan fingerprint density at radius 2 is 0.694 bits per heavy atom. The Kier molecular flexibility index (Phi) is 31.9. The van der Waals surface area contributed by atoms with Crippen molar-refractivity contribution in [2.24, 2.45) is 34.6 Å². The molecule has 23 rings (SSSR count). The zero-order chi connectivity index (χ0) is 103. The average molecular weight is 2090 g/mol. The van der Waals surface area contributed by atoms with Crippen LogP contribution in [0.4, 0.5) is 39.5 Å². The molecule has 2 unspecified atom stereocenters. The van der Waals surface area contributed by atoms with Gasteiger partial charge in [-0.25, -0.2) is 39.5 Å². The van der Waals surface area contributed by atoms with Crippen LogP contribution in [0.15, 0.2) is 182 Å². The summed E-state index contributed by atoms with van der Waals surface area (Å²) < 4.78 is 150. The number of aryl methyl sites for hydroxylation is 4. The van der Waals surface area contributed by atoms with Gasteiger partial charge in [0.1, 0.15) is 75.2 Å². The zero-order valence-electron chi connectivity index (χ0n) is 78.8. The van der Waals surface area contributed by atoms with Crippen molar-refractivity contribution in [2.45, 2.75) is 184 Å². The molecule has 13 aliphatic carbocycles. The number of nitrogens with zero attached hydrogens (tertiary/aromatic N) is 2. The van der Waals surface area contributed by atoms with Crippen LogP contribution in [0, 0.1) is 101 Å². The van der Waals surface area contributed by atoms with E-state index in [1.165, 1.54) is 91.0 Å². The smallest absolute Gasteiger partial charge is 0.269 e. The van der Waals surface area contributed by atoms with Crippen LogP contribution >= 0.6 is 58.0 Å². The third-order valence-electron chi connectivity index (χ3n) is 27.9. The molecular formula is C107H102Cl5F9N8O15. The van der Waals surface area contributed by atoms with Crippen molar-refractivity contribution >= 4 is 117 Å². The molecule has 37 heteroatoms. The fraction of sp³-hybridized carbons (Fsp3) is 0.374. The van der Waals surface area contributed by atoms with Crippen LogP contribution in [-0.2, 0) is 31.0 Å². The minimum absolute atomic E-state index is 0.00293. The lowest BCUT2D eigenvalue weighted by Gasteiger charge is -2.70. The Morgan fingerprint density at radius 1 is 0.354 bits per heavy atom. The molecule has 6 amide bonds. The topological polar surface area (TPSA) is 307 Å². The third-order valence-corrected chi connectivity index (χ3v) is 29.4. The van der Waals surface area contributed by atoms with Gasteiger partial charge in [0.25, 0.3) is 35.4 Å². The van der Waals surface area contributed by atoms with E-state index in [0.717, 1.165) is 97.3 Å². The highest BCUT2D eigenvalue weighted by molar-refractivity contribution is 6.32. The first-order valence-electron chi connectivity index (χ1n) is 46.6. The number of ether oxygens (including phenoxy) is 5. The Morgan fingerprint density at radius 3 is 1.06 bits per heavy atom. The number of Topliss-reactive ketones (excluding diaryl/α,β-unsaturated/α-hetero) is 4. The Labute approximate surface area is 848 Å². The van der Waals surface area contributed by atoms with Gasteiger partial charge in [0.2, 0.25) is 0 Å². The van der Waals surface area contributed by atoms with E-state index in [2.05, 4.69) is 43.9 Å². The molecule has 0 spiro atoms. The maximum Gasteiger partial charge on any atom is 0.269 e. The summed E-state index contributed by atoms with van der Waals surface area (Å²) in [5.74, 6) is -7.12. The Bertz CT molecular complexity index is 6500. The van der Waals surface area contributed by atoms with Crippen LogP contribution in [0.1, 0.15) is 198 Å². The zero-order valence-corrected chi connectivity index (χ0v) is 82.6. The van der Waals surface area contributed by atoms with Gasteiger partial charge in [-0.3, -0.25) is 52.6 Å². The van der Waals surface area contributed by atoms with Crippen molar-refractivity contribution in [1.82, 2.24) is 41.7 Å². The van der Waals surface area contributed by atoms with Crippen molar-refractivity contribution in [3.8, 4) is 28.7 Å². The first-order chi connectivity index (χ1) is 68.2. The number of hydrogen-bond acceptors (Lipinski definition) is 16. The summed E-state index contributed by atoms with van der Waals surface area (Å²) in [7, 11) is 1.75. The van der Waals surface area contributed by atoms with Crippen molar-refractivity contribution in [3.63, 3.8) is 0 Å². The van der Waals surface area contributed by atoms with Crippen LogP contribution in [0.2, 0.25) is 25.1 Å². The van der Waals surface area contributed by atoms with E-state index in [4.69, 9.17) is 81.7 Å². The molecule has 9 aromatic carbocycles. The lowest BCUT2D eigenvalue weighted by molar-refractivity contribution is -0.165. The number of rotatable bonds is 34. The number of carbonyl (C=O) groups excluding carboxylic acids is 10. The second-order valence-corrected chi connectivity index (χ2v) is 42.1. The number of nitrogens with one attached hydrogen (secondary N) is 6. The van der Waals surface area contributed by atoms with E-state index < -0.39 is 58.1 Å². The van der Waals surface area contributed by atoms with E-state index >= 15 is 0 Å². The molecular weight excluding hydrogens is 1990 g/mol. The predicted octanol–water partition coefficient (Wildman–Crippen LogP) is 20.9. The average Bonchev–Trinajstić information content (AvgIpc) is 0.710. The molecule has 23 nitrogen and oxygen atoms in total. The molecule has 0 radical (unpaired) electrons. The Balaban J connectivity index is 0.000000135. The first-order valence-corrected chi connectivity index (χ1v) is 48.5. The summed E-state index contributed by atoms with van der Waals surface area (Å²) in [6.45, 7) is 6.58. The highest BCUT2D eigenvalue weighted by Gasteiger charge is 2.71. The standard InChI is InChI=1S/C22H20ClF2NO3.C22H21ClFNO3.C21H17ClF3NO3.C21H18ClF2NO3.C21H26ClFN4O3/c1-13-2-5-17(24)15(6-13)19(27)8-21-10-22(11-21,12-21)26-20(28)9-29-14-3-4-16(23)18(25)7-14;1-14-3-2-4-15(7-14)19(26)9-21-11-22(12-21,13-21)25-20(27)10-28-16-5-6-17(23)18(24)8-16;22-14-5-4-12(6-16(14)24)29-8-18(28)26-21-9-20(10-21,11-21)7-17(27)13-2-1-3-15(23)19(13)25;22-15-6-5-13(7-17(15)24)28-9-19(27)25-21-10-20(11-21,12-21)8-18(26)14-3-1-2-4-16(14)23;1-12-8-14(24-20(28)11-30-15-5-6-16(22)17(23)10-15)4-7-18(12)25-21(29)19-9-13(2)26-27(19)3/h2-7H,8-12H2,1H3,(H,26,28);2-8H,9-13H2,1H3,(H,25,27);1-6H,7-11H2,(H,26,28);1-7H,8-12H2,(H,25,27);5-6,9-10,12,14,18H,4,7-8,11H2,1-3H3,(H,24,28)(H,25,29)/t;;;;12-,14?,18?/m....0/s1. The van der Waals surface area contributed by atoms with Crippen LogP contribution in [0.3, 0.4) is 0 Å². The molecule has 13 fully saturated rings. The van der Waals surface area contributed by atoms with Crippen molar-refractivity contribution in [2.75, 3.05) is 33.0 Å². The van der Waals surface area contributed by atoms with Gasteiger partial charge in [0.15, 0.2) is 67.8 Å². The summed E-state index contributed by atoms with van der Waals surface area (Å²) >= 11 is 28.1. The van der Waals surface area contributed by atoms with Crippen molar-refractivity contribution < 1.29 is 111 Å². The Hall–Kier alpha value is -12.5. The molecule has 8 bridgehead atoms. The van der Waals surface area contributed by atoms with Crippen molar-refractivity contribution in [3.05, 3.63) is 304 Å². The van der Waals surface area contributed by atoms with E-state index in [-0.39, 0.29) is 237 Å². The van der Waals surface area contributed by atoms with E-state index in [9.17, 15) is 87.5 Å². The molecule has 3 atom stereocenters. The quantitative estimate of drug-likeness (QED) is 0.0161. The van der Waals surface area contributed by atoms with Crippen molar-refractivity contribution in [1.29, 1.82) is 0 Å². The second kappa shape index (κ2) is 43.4. The molecule has 0 aliphatic heterocycles. The van der Waals surface area contributed by atoms with Gasteiger partial charge in [-0.05, 0) is 254 Å². The van der Waals surface area contributed by atoms with E-state index in [0.29, 0.717) is 69.9 Å². The fourth-order valence-electron chi connectivity index (χ4n) is 22.1. The predicted molar refractivity (Wildman–Crippen MR) is 518 cm³/mol. The molecule has 13 saturated carbocycles. The maximum absolute atomic E-state index is 13.9. The van der Waals surface area contributed by atoms with Crippen LogP contribution in [0.25, 0.3) is 0 Å². The number of benzene rings is 9. The van der Waals surface area contributed by atoms with Gasteiger partial charge >= 0.3 is 0 Å². The van der Waals surface area contributed by atoms with Gasteiger partial charge in [-0.15, -0.1) is 0 Å². The lowest BCUT2D eigenvalue weighted by atomic mass is 9.38. The largest absolute Gasteiger partial charge is 0.484 e. The minimum atomic E-state index is -1.12. The second-order valence-electron chi connectivity index (χ2n) is 40.0. The summed E-state index contributed by atoms with van der Waals surface area (Å²) in [4.78, 5) is 123. The summed E-state index contributed by atoms with van der Waals surface area (Å²) in [6, 6.07) is 43.5. The summed E-state index contributed by atoms with van der Waals surface area (Å²) in [5.41, 5.74) is 2.27. The summed E-state index contributed by atoms with van der Waals surface area (Å²) in [5, 5.41) is 22.0. The first kappa shape index (κ1) is 106. The van der Waals surface area contributed by atoms with Gasteiger partial charge < -0.3 is 55.6 Å². The minimum Gasteiger partial charge on any atom is -0.484 e. The third kappa shape index (κ3) is 25.3. The van der Waals surface area contributed by atoms with Gasteiger partial charge in [0.05, 0.1) is 47.5 Å². The number of hydrogen-bond donors (Lipinski definition) is 6. The molecule has 0 saturated heterocycles. The highest BCUT2D eigenvalue weighted by atomic mass is 35.5. The molecule has 144 heavy (non-hydrogen) atoms. The number of aromatic nitrogens is 2. The maximum atomic E-state index is 13.9. The van der Waals surface area contributed by atoms with E-state index in [1.807, 2.05) is 45.0 Å². The van der Waals surface area contributed by atoms with Gasteiger partial charge in [-0.1, -0.05) is 119 Å². The van der Waals surface area contributed by atoms with Gasteiger partial charge in [-0.2, -0.15) is 5.10 Å². The molecule has 13 aliphatic rings. The van der Waals surface area contributed by atoms with Crippen LogP contribution < -0.4 is 55.6 Å². The normalized spacial score (nSPS) is 23.8. The van der Waals surface area contributed by atoms with Gasteiger partial charge in [0, 0.05) is 103 Å². The fourth-order valence-corrected chi connectivity index (χ4v) is 22.7. The SMILES string of the molecule is Cc1cc(C(=O)NC2CCC(NC(=O)COc3ccc(Cl)c(F)c3)C[C@@H]2C)n(C)n1.Cc1ccc(F)c(C(=O)CC23CC(NC(=O)COc4ccc(Cl)c(F)c4)(C2)C3)c1.Cc1cccc(C(=O)CC23CC(NC(=O)COc4ccc(Cl)c(F)c4)(C2)C3)c1.O=C(COc1ccc(Cl)c(F)c1)NC12CC(CC(=O)c3cccc(F)c3F)(C1)C2.O=C(COc1ccc(Cl)c(F)c1)NC12CC(CC(=O)c3ccccc3F)(C1)C2. The number of carbonyl (C=O) groups is 10. The number of ketones is 4. The molecule has 1 heterocycles. The monoisotopic (exact) mass is 2080 g/mol. The molecule has 1 aromatic heterocycles. The highest BCUT2D eigenvalue weighted by Crippen LogP contribution is 2.72. The van der Waals surface area contributed by atoms with Crippen LogP contribution in [0.5, 0.6) is 28.7 Å². The summed E-state index contributed by atoms with van der Waals surface area (Å²) in [6.07, 6.45) is 11.9. The number of amides is 6.